The number of β-amino-alcohol motifs (C(OH)–C–C–N with tert-alkyl or cyclic N) is 1. The molecule has 120 valence electrons. The zero-order chi connectivity index (χ0) is 15.9. The number of aliphatic hydroxyl groups is 1. The quantitative estimate of drug-likeness (QED) is 0.859. The van der Waals surface area contributed by atoms with E-state index in [1.54, 1.807) is 12.1 Å². The van der Waals surface area contributed by atoms with Gasteiger partial charge in [0, 0.05) is 38.8 Å². The number of hydrogen-bond acceptors (Lipinski definition) is 5. The molecule has 0 amide bonds. The van der Waals surface area contributed by atoms with E-state index in [4.69, 9.17) is 10.00 Å². The number of nitrogens with zero attached hydrogens (tertiary/aromatic N) is 3. The van der Waals surface area contributed by atoms with Crippen molar-refractivity contribution in [1.82, 2.24) is 9.80 Å². The highest BCUT2D eigenvalue weighted by Gasteiger charge is 2.24. The predicted octanol–water partition coefficient (Wildman–Crippen LogP) is 1.32. The zero-order valence-electron chi connectivity index (χ0n) is 13.4. The topological polar surface area (TPSA) is 59.7 Å². The summed E-state index contributed by atoms with van der Waals surface area (Å²) in [6, 6.07) is 9.82. The van der Waals surface area contributed by atoms with E-state index in [2.05, 4.69) is 22.8 Å². The minimum atomic E-state index is -0.273. The first kappa shape index (κ1) is 16.8. The average molecular weight is 303 g/mol. The van der Waals surface area contributed by atoms with Crippen LogP contribution in [0.5, 0.6) is 5.75 Å². The average Bonchev–Trinajstić information content (AvgIpc) is 2.50. The maximum atomic E-state index is 9.50. The molecule has 1 fully saturated rings. The molecule has 1 aromatic carbocycles. The molecule has 1 saturated heterocycles. The van der Waals surface area contributed by atoms with E-state index < -0.39 is 0 Å². The largest absolute Gasteiger partial charge is 0.492 e. The SMILES string of the molecule is C[C@@H](O)CN1CCN(CCOc2cccc(C#N)c2)C[C@@H]1C. The van der Waals surface area contributed by atoms with Gasteiger partial charge in [0.1, 0.15) is 12.4 Å². The number of hydrogen-bond donors (Lipinski definition) is 1. The molecule has 0 bridgehead atoms. The van der Waals surface area contributed by atoms with Crippen LogP contribution < -0.4 is 4.74 Å². The Hall–Kier alpha value is -1.61. The number of piperazine rings is 1. The van der Waals surface area contributed by atoms with Gasteiger partial charge in [-0.25, -0.2) is 0 Å². The van der Waals surface area contributed by atoms with E-state index in [1.165, 1.54) is 0 Å². The van der Waals surface area contributed by atoms with Crippen molar-refractivity contribution in [3.05, 3.63) is 29.8 Å². The van der Waals surface area contributed by atoms with Gasteiger partial charge in [-0.05, 0) is 32.0 Å². The summed E-state index contributed by atoms with van der Waals surface area (Å²) < 4.78 is 5.73. The summed E-state index contributed by atoms with van der Waals surface area (Å²) in [7, 11) is 0. The smallest absolute Gasteiger partial charge is 0.120 e. The summed E-state index contributed by atoms with van der Waals surface area (Å²) in [6.07, 6.45) is -0.273. The van der Waals surface area contributed by atoms with Crippen LogP contribution in [0.1, 0.15) is 19.4 Å². The van der Waals surface area contributed by atoms with Gasteiger partial charge in [0.25, 0.3) is 0 Å². The first-order valence-electron chi connectivity index (χ1n) is 7.86. The Kier molecular flexibility index (Phi) is 6.20. The fraction of sp³-hybridized carbons (Fsp3) is 0.588. The molecule has 0 aromatic heterocycles. The van der Waals surface area contributed by atoms with Crippen molar-refractivity contribution < 1.29 is 9.84 Å². The number of aliphatic hydroxyl groups excluding tert-OH is 1. The maximum absolute atomic E-state index is 9.50. The minimum absolute atomic E-state index is 0.273. The van der Waals surface area contributed by atoms with Crippen LogP contribution in [-0.4, -0.2) is 66.4 Å². The lowest BCUT2D eigenvalue weighted by Gasteiger charge is -2.40. The molecule has 0 aliphatic carbocycles. The molecule has 1 aliphatic rings. The molecule has 5 heteroatoms. The minimum Gasteiger partial charge on any atom is -0.492 e. The van der Waals surface area contributed by atoms with Crippen LogP contribution in [0.4, 0.5) is 0 Å². The van der Waals surface area contributed by atoms with Crippen molar-refractivity contribution in [3.8, 4) is 11.8 Å². The molecular weight excluding hydrogens is 278 g/mol. The van der Waals surface area contributed by atoms with Gasteiger partial charge in [-0.3, -0.25) is 9.80 Å². The Balaban J connectivity index is 1.73. The predicted molar refractivity (Wildman–Crippen MR) is 85.8 cm³/mol. The molecule has 0 unspecified atom stereocenters. The number of ether oxygens (including phenoxy) is 1. The highest BCUT2D eigenvalue weighted by Crippen LogP contribution is 2.13. The van der Waals surface area contributed by atoms with Crippen molar-refractivity contribution in [3.63, 3.8) is 0 Å². The molecule has 5 nitrogen and oxygen atoms in total. The van der Waals surface area contributed by atoms with Crippen molar-refractivity contribution in [2.24, 2.45) is 0 Å². The molecule has 1 aromatic rings. The summed E-state index contributed by atoms with van der Waals surface area (Å²) in [5, 5.41) is 18.4. The lowest BCUT2D eigenvalue weighted by atomic mass is 10.1. The van der Waals surface area contributed by atoms with Crippen molar-refractivity contribution in [2.45, 2.75) is 26.0 Å². The number of rotatable bonds is 6. The second kappa shape index (κ2) is 8.14. The van der Waals surface area contributed by atoms with Gasteiger partial charge >= 0.3 is 0 Å². The molecule has 22 heavy (non-hydrogen) atoms. The molecule has 1 aliphatic heterocycles. The Morgan fingerprint density at radius 3 is 2.95 bits per heavy atom. The third-order valence-electron chi connectivity index (χ3n) is 3.99. The Labute approximate surface area is 132 Å². The number of benzene rings is 1. The molecule has 1 heterocycles. The van der Waals surface area contributed by atoms with Crippen molar-refractivity contribution in [2.75, 3.05) is 39.3 Å². The Bertz CT molecular complexity index is 513. The highest BCUT2D eigenvalue weighted by atomic mass is 16.5. The fourth-order valence-corrected chi connectivity index (χ4v) is 2.83. The van der Waals surface area contributed by atoms with E-state index >= 15 is 0 Å². The standard InChI is InChI=1S/C17H25N3O2/c1-14-12-19(6-7-20(14)13-15(2)21)8-9-22-17-5-3-4-16(10-17)11-18/h3-5,10,14-15,21H,6-9,12-13H2,1-2H3/t14-,15+/m0/s1. The van der Waals surface area contributed by atoms with Crippen LogP contribution in [0, 0.1) is 11.3 Å². The number of nitriles is 1. The third-order valence-corrected chi connectivity index (χ3v) is 3.99. The maximum Gasteiger partial charge on any atom is 0.120 e. The van der Waals surface area contributed by atoms with E-state index in [0.717, 1.165) is 38.5 Å². The summed E-state index contributed by atoms with van der Waals surface area (Å²) in [5.74, 6) is 0.750. The summed E-state index contributed by atoms with van der Waals surface area (Å²) >= 11 is 0. The van der Waals surface area contributed by atoms with Gasteiger partial charge in [0.15, 0.2) is 0 Å². The van der Waals surface area contributed by atoms with E-state index in [0.29, 0.717) is 18.2 Å². The zero-order valence-corrected chi connectivity index (χ0v) is 13.4. The molecule has 0 radical (unpaired) electrons. The van der Waals surface area contributed by atoms with Crippen molar-refractivity contribution >= 4 is 0 Å². The van der Waals surface area contributed by atoms with Crippen LogP contribution >= 0.6 is 0 Å². The van der Waals surface area contributed by atoms with Gasteiger partial charge < -0.3 is 9.84 Å². The molecule has 2 atom stereocenters. The van der Waals surface area contributed by atoms with Crippen LogP contribution in [0.25, 0.3) is 0 Å². The normalized spacial score (nSPS) is 21.3. The third kappa shape index (κ3) is 4.99. The molecule has 2 rings (SSSR count). The lowest BCUT2D eigenvalue weighted by Crippen LogP contribution is -2.54. The van der Waals surface area contributed by atoms with Gasteiger partial charge in [-0.2, -0.15) is 5.26 Å². The molecule has 0 saturated carbocycles. The van der Waals surface area contributed by atoms with E-state index in [9.17, 15) is 5.11 Å². The first-order chi connectivity index (χ1) is 10.6. The van der Waals surface area contributed by atoms with Crippen LogP contribution in [0.2, 0.25) is 0 Å². The summed E-state index contributed by atoms with van der Waals surface area (Å²) in [6.45, 7) is 9.26. The van der Waals surface area contributed by atoms with Gasteiger partial charge in [0.2, 0.25) is 0 Å². The Morgan fingerprint density at radius 2 is 2.27 bits per heavy atom. The van der Waals surface area contributed by atoms with E-state index in [-0.39, 0.29) is 6.10 Å². The second-order valence-corrected chi connectivity index (χ2v) is 5.98. The molecular formula is C17H25N3O2. The molecule has 0 spiro atoms. The van der Waals surface area contributed by atoms with Crippen LogP contribution in [0.15, 0.2) is 24.3 Å². The van der Waals surface area contributed by atoms with Crippen LogP contribution in [0.3, 0.4) is 0 Å². The van der Waals surface area contributed by atoms with E-state index in [1.807, 2.05) is 19.1 Å². The monoisotopic (exact) mass is 303 g/mol. The van der Waals surface area contributed by atoms with Crippen LogP contribution in [-0.2, 0) is 0 Å². The summed E-state index contributed by atoms with van der Waals surface area (Å²) in [5.41, 5.74) is 0.623. The van der Waals surface area contributed by atoms with Gasteiger partial charge in [-0.1, -0.05) is 6.07 Å². The van der Waals surface area contributed by atoms with Gasteiger partial charge in [-0.15, -0.1) is 0 Å². The first-order valence-corrected chi connectivity index (χ1v) is 7.86. The highest BCUT2D eigenvalue weighted by molar-refractivity contribution is 5.36. The fourth-order valence-electron chi connectivity index (χ4n) is 2.83. The van der Waals surface area contributed by atoms with Gasteiger partial charge in [0.05, 0.1) is 17.7 Å². The van der Waals surface area contributed by atoms with Crippen molar-refractivity contribution in [1.29, 1.82) is 5.26 Å². The Morgan fingerprint density at radius 1 is 1.45 bits per heavy atom. The lowest BCUT2D eigenvalue weighted by molar-refractivity contribution is 0.0405. The summed E-state index contributed by atoms with van der Waals surface area (Å²) in [4.78, 5) is 4.72. The molecule has 1 N–H and O–H groups in total. The second-order valence-electron chi connectivity index (χ2n) is 5.98.